The molecule has 0 saturated carbocycles. The molecule has 28 heavy (non-hydrogen) atoms. The fourth-order valence-corrected chi connectivity index (χ4v) is 3.44. The van der Waals surface area contributed by atoms with Crippen LogP contribution in [0.5, 0.6) is 0 Å². The SMILES string of the molecule is O=C(NCC1CCN(c2ccc(F)c(F)c2)C1)N(CCO)Cc1ccccc1. The van der Waals surface area contributed by atoms with Crippen molar-refractivity contribution in [2.24, 2.45) is 5.92 Å². The largest absolute Gasteiger partial charge is 0.395 e. The summed E-state index contributed by atoms with van der Waals surface area (Å²) in [7, 11) is 0. The summed E-state index contributed by atoms with van der Waals surface area (Å²) in [6, 6.07) is 13.3. The fourth-order valence-electron chi connectivity index (χ4n) is 3.44. The van der Waals surface area contributed by atoms with Crippen LogP contribution in [0.2, 0.25) is 0 Å². The topological polar surface area (TPSA) is 55.8 Å². The van der Waals surface area contributed by atoms with Crippen molar-refractivity contribution in [2.75, 3.05) is 37.7 Å². The second-order valence-corrected chi connectivity index (χ2v) is 7.02. The minimum Gasteiger partial charge on any atom is -0.395 e. The quantitative estimate of drug-likeness (QED) is 0.766. The van der Waals surface area contributed by atoms with E-state index in [1.54, 1.807) is 11.0 Å². The number of aliphatic hydroxyl groups is 1. The Bertz CT molecular complexity index is 788. The van der Waals surface area contributed by atoms with Crippen molar-refractivity contribution >= 4 is 11.7 Å². The van der Waals surface area contributed by atoms with Gasteiger partial charge in [0.1, 0.15) is 0 Å². The minimum atomic E-state index is -0.853. The van der Waals surface area contributed by atoms with Gasteiger partial charge in [0.25, 0.3) is 0 Å². The van der Waals surface area contributed by atoms with E-state index in [1.165, 1.54) is 6.07 Å². The maximum atomic E-state index is 13.4. The first kappa shape index (κ1) is 20.1. The zero-order valence-electron chi connectivity index (χ0n) is 15.7. The molecule has 2 aromatic carbocycles. The summed E-state index contributed by atoms with van der Waals surface area (Å²) in [5.74, 6) is -1.48. The van der Waals surface area contributed by atoms with E-state index >= 15 is 0 Å². The first-order chi connectivity index (χ1) is 13.6. The molecule has 0 aromatic heterocycles. The van der Waals surface area contributed by atoms with Crippen LogP contribution in [0.15, 0.2) is 48.5 Å². The molecule has 2 N–H and O–H groups in total. The normalized spacial score (nSPS) is 16.2. The number of aliphatic hydroxyl groups excluding tert-OH is 1. The molecule has 0 spiro atoms. The third-order valence-electron chi connectivity index (χ3n) is 4.97. The Hall–Kier alpha value is -2.67. The number of anilines is 1. The predicted octanol–water partition coefficient (Wildman–Crippen LogP) is 3.00. The average molecular weight is 389 g/mol. The highest BCUT2D eigenvalue weighted by molar-refractivity contribution is 5.74. The van der Waals surface area contributed by atoms with Gasteiger partial charge in [0, 0.05) is 44.5 Å². The molecule has 0 aliphatic carbocycles. The zero-order chi connectivity index (χ0) is 19.9. The van der Waals surface area contributed by atoms with E-state index in [1.807, 2.05) is 35.2 Å². The summed E-state index contributed by atoms with van der Waals surface area (Å²) in [6.07, 6.45) is 0.859. The number of hydrogen-bond acceptors (Lipinski definition) is 3. The Labute approximate surface area is 163 Å². The van der Waals surface area contributed by atoms with Gasteiger partial charge in [0.2, 0.25) is 0 Å². The van der Waals surface area contributed by atoms with Crippen LogP contribution >= 0.6 is 0 Å². The van der Waals surface area contributed by atoms with E-state index in [0.29, 0.717) is 25.3 Å². The van der Waals surface area contributed by atoms with Crippen LogP contribution in [-0.2, 0) is 6.54 Å². The van der Waals surface area contributed by atoms with E-state index < -0.39 is 11.6 Å². The molecule has 2 amide bonds. The van der Waals surface area contributed by atoms with Crippen LogP contribution in [0.4, 0.5) is 19.3 Å². The third-order valence-corrected chi connectivity index (χ3v) is 4.97. The lowest BCUT2D eigenvalue weighted by Crippen LogP contribution is -2.43. The van der Waals surface area contributed by atoms with E-state index in [9.17, 15) is 18.7 Å². The molecule has 1 fully saturated rings. The van der Waals surface area contributed by atoms with Crippen LogP contribution in [0.3, 0.4) is 0 Å². The lowest BCUT2D eigenvalue weighted by atomic mass is 10.1. The fraction of sp³-hybridized carbons (Fsp3) is 0.381. The van der Waals surface area contributed by atoms with Crippen molar-refractivity contribution in [2.45, 2.75) is 13.0 Å². The van der Waals surface area contributed by atoms with E-state index in [2.05, 4.69) is 5.32 Å². The number of urea groups is 1. The molecule has 5 nitrogen and oxygen atoms in total. The maximum Gasteiger partial charge on any atom is 0.317 e. The summed E-state index contributed by atoms with van der Waals surface area (Å²) < 4.78 is 26.5. The Morgan fingerprint density at radius 2 is 1.96 bits per heavy atom. The monoisotopic (exact) mass is 389 g/mol. The summed E-state index contributed by atoms with van der Waals surface area (Å²) in [5, 5.41) is 12.2. The van der Waals surface area contributed by atoms with Crippen LogP contribution in [0, 0.1) is 17.6 Å². The van der Waals surface area contributed by atoms with Crippen molar-refractivity contribution < 1.29 is 18.7 Å². The van der Waals surface area contributed by atoms with E-state index in [4.69, 9.17) is 0 Å². The van der Waals surface area contributed by atoms with Crippen molar-refractivity contribution in [1.82, 2.24) is 10.2 Å². The molecule has 1 aliphatic heterocycles. The molecule has 150 valence electrons. The summed E-state index contributed by atoms with van der Waals surface area (Å²) in [4.78, 5) is 16.1. The Morgan fingerprint density at radius 3 is 2.68 bits per heavy atom. The molecular weight excluding hydrogens is 364 g/mol. The number of nitrogens with one attached hydrogen (secondary N) is 1. The number of hydrogen-bond donors (Lipinski definition) is 2. The number of amides is 2. The molecule has 1 atom stereocenters. The minimum absolute atomic E-state index is 0.104. The van der Waals surface area contributed by atoms with Crippen molar-refractivity contribution in [1.29, 1.82) is 0 Å². The van der Waals surface area contributed by atoms with Crippen LogP contribution < -0.4 is 10.2 Å². The second kappa shape index (κ2) is 9.50. The van der Waals surface area contributed by atoms with Crippen LogP contribution in [0.25, 0.3) is 0 Å². The maximum absolute atomic E-state index is 13.4. The summed E-state index contributed by atoms with van der Waals surface area (Å²) in [5.41, 5.74) is 1.65. The Morgan fingerprint density at radius 1 is 1.18 bits per heavy atom. The van der Waals surface area contributed by atoms with Crippen molar-refractivity contribution in [3.05, 3.63) is 65.7 Å². The molecule has 2 aromatic rings. The highest BCUT2D eigenvalue weighted by Crippen LogP contribution is 2.25. The zero-order valence-corrected chi connectivity index (χ0v) is 15.7. The lowest BCUT2D eigenvalue weighted by Gasteiger charge is -2.24. The van der Waals surface area contributed by atoms with Crippen LogP contribution in [0.1, 0.15) is 12.0 Å². The van der Waals surface area contributed by atoms with Gasteiger partial charge >= 0.3 is 6.03 Å². The van der Waals surface area contributed by atoms with Gasteiger partial charge in [-0.2, -0.15) is 0 Å². The molecular formula is C21H25F2N3O2. The summed E-state index contributed by atoms with van der Waals surface area (Å²) >= 11 is 0. The molecule has 1 saturated heterocycles. The van der Waals surface area contributed by atoms with Gasteiger partial charge in [-0.05, 0) is 30.0 Å². The number of carbonyl (C=O) groups excluding carboxylic acids is 1. The van der Waals surface area contributed by atoms with E-state index in [-0.39, 0.29) is 25.1 Å². The predicted molar refractivity (Wildman–Crippen MR) is 104 cm³/mol. The average Bonchev–Trinajstić information content (AvgIpc) is 3.18. The number of rotatable bonds is 7. The lowest BCUT2D eigenvalue weighted by molar-refractivity contribution is 0.173. The van der Waals surface area contributed by atoms with Crippen molar-refractivity contribution in [3.8, 4) is 0 Å². The van der Waals surface area contributed by atoms with Crippen molar-refractivity contribution in [3.63, 3.8) is 0 Å². The smallest absolute Gasteiger partial charge is 0.317 e. The molecule has 7 heteroatoms. The second-order valence-electron chi connectivity index (χ2n) is 7.02. The van der Waals surface area contributed by atoms with Crippen LogP contribution in [-0.4, -0.2) is 48.8 Å². The molecule has 1 aliphatic rings. The Balaban J connectivity index is 1.51. The summed E-state index contributed by atoms with van der Waals surface area (Å²) in [6.45, 7) is 2.48. The van der Waals surface area contributed by atoms with Gasteiger partial charge < -0.3 is 20.2 Å². The van der Waals surface area contributed by atoms with Gasteiger partial charge in [-0.3, -0.25) is 0 Å². The third kappa shape index (κ3) is 5.19. The molecule has 0 bridgehead atoms. The molecule has 0 radical (unpaired) electrons. The molecule has 1 unspecified atom stereocenters. The number of carbonyl (C=O) groups is 1. The van der Waals surface area contributed by atoms with Gasteiger partial charge in [0.15, 0.2) is 11.6 Å². The van der Waals surface area contributed by atoms with Gasteiger partial charge in [-0.15, -0.1) is 0 Å². The van der Waals surface area contributed by atoms with Gasteiger partial charge in [-0.1, -0.05) is 30.3 Å². The van der Waals surface area contributed by atoms with Gasteiger partial charge in [-0.25, -0.2) is 13.6 Å². The Kier molecular flexibility index (Phi) is 6.81. The number of benzene rings is 2. The van der Waals surface area contributed by atoms with E-state index in [0.717, 1.165) is 24.6 Å². The van der Waals surface area contributed by atoms with Gasteiger partial charge in [0.05, 0.1) is 6.61 Å². The molecule has 3 rings (SSSR count). The molecule has 1 heterocycles. The first-order valence-corrected chi connectivity index (χ1v) is 9.44. The highest BCUT2D eigenvalue weighted by atomic mass is 19.2. The number of halogens is 2. The number of nitrogens with zero attached hydrogens (tertiary/aromatic N) is 2. The highest BCUT2D eigenvalue weighted by Gasteiger charge is 2.24. The standard InChI is InChI=1S/C21H25F2N3O2/c22-19-7-6-18(12-20(19)23)25-9-8-17(15-25)13-24-21(28)26(10-11-27)14-16-4-2-1-3-5-16/h1-7,12,17,27H,8-11,13-15H2,(H,24,28). The first-order valence-electron chi connectivity index (χ1n) is 9.44.